The monoisotopic (exact) mass is 221 g/mol. The molecule has 2 N–H and O–H groups in total. The highest BCUT2D eigenvalue weighted by atomic mass is 35.5. The minimum absolute atomic E-state index is 0.0340. The fourth-order valence-corrected chi connectivity index (χ4v) is 1.25. The van der Waals surface area contributed by atoms with Crippen molar-refractivity contribution in [1.82, 2.24) is 4.98 Å². The first kappa shape index (κ1) is 10.7. The molecule has 0 aliphatic heterocycles. The van der Waals surface area contributed by atoms with Crippen LogP contribution in [0.1, 0.15) is 11.7 Å². The van der Waals surface area contributed by atoms with Crippen LogP contribution in [-0.2, 0) is 0 Å². The fraction of sp³-hybridized carbons (Fsp3) is 0.375. The summed E-state index contributed by atoms with van der Waals surface area (Å²) < 4.78 is 0. The van der Waals surface area contributed by atoms with Crippen LogP contribution in [0.4, 0.5) is 0 Å². The van der Waals surface area contributed by atoms with Crippen LogP contribution in [0.2, 0.25) is 5.02 Å². The number of aliphatic hydroxyl groups excluding tert-OH is 2. The molecule has 0 spiro atoms. The quantitative estimate of drug-likeness (QED) is 0.759. The van der Waals surface area contributed by atoms with E-state index in [0.717, 1.165) is 0 Å². The number of aliphatic hydroxyl groups is 2. The third-order valence-electron chi connectivity index (χ3n) is 1.59. The summed E-state index contributed by atoms with van der Waals surface area (Å²) in [6.07, 6.45) is 0.850. The highest BCUT2D eigenvalue weighted by molar-refractivity contribution is 6.30. The van der Waals surface area contributed by atoms with Gasteiger partial charge in [-0.3, -0.25) is 4.98 Å². The second-order valence-electron chi connectivity index (χ2n) is 2.60. The van der Waals surface area contributed by atoms with E-state index in [9.17, 15) is 10.2 Å². The lowest BCUT2D eigenvalue weighted by atomic mass is 10.1. The second kappa shape index (κ2) is 4.77. The molecule has 3 nitrogen and oxygen atoms in total. The van der Waals surface area contributed by atoms with Gasteiger partial charge in [0.2, 0.25) is 0 Å². The molecule has 2 unspecified atom stereocenters. The van der Waals surface area contributed by atoms with Crippen molar-refractivity contribution in [2.24, 2.45) is 0 Å². The summed E-state index contributed by atoms with van der Waals surface area (Å²) in [5, 5.41) is 19.1. The van der Waals surface area contributed by atoms with Crippen LogP contribution in [0.25, 0.3) is 0 Å². The Labute approximate surface area is 85.9 Å². The summed E-state index contributed by atoms with van der Waals surface area (Å²) in [6, 6.07) is 1.54. The Hall–Kier alpha value is -0.350. The van der Waals surface area contributed by atoms with Gasteiger partial charge in [0.1, 0.15) is 6.10 Å². The maximum atomic E-state index is 9.48. The van der Waals surface area contributed by atoms with Crippen LogP contribution < -0.4 is 0 Å². The van der Waals surface area contributed by atoms with Gasteiger partial charge in [0.15, 0.2) is 0 Å². The number of hydrogen-bond donors (Lipinski definition) is 2. The first-order valence-corrected chi connectivity index (χ1v) is 4.59. The van der Waals surface area contributed by atoms with Crippen molar-refractivity contribution in [1.29, 1.82) is 0 Å². The van der Waals surface area contributed by atoms with Crippen molar-refractivity contribution < 1.29 is 10.2 Å². The largest absolute Gasteiger partial charge is 0.389 e. The van der Waals surface area contributed by atoms with Crippen LogP contribution in [0.3, 0.4) is 0 Å². The van der Waals surface area contributed by atoms with Gasteiger partial charge < -0.3 is 10.2 Å². The first-order chi connectivity index (χ1) is 6.15. The van der Waals surface area contributed by atoms with E-state index in [-0.39, 0.29) is 5.88 Å². The lowest BCUT2D eigenvalue weighted by Crippen LogP contribution is -2.19. The summed E-state index contributed by atoms with van der Waals surface area (Å²) in [5.74, 6) is -0.0340. The van der Waals surface area contributed by atoms with Gasteiger partial charge >= 0.3 is 0 Å². The highest BCUT2D eigenvalue weighted by Crippen LogP contribution is 2.19. The van der Waals surface area contributed by atoms with Gasteiger partial charge in [0.05, 0.1) is 17.0 Å². The summed E-state index contributed by atoms with van der Waals surface area (Å²) >= 11 is 11.0. The normalized spacial score (nSPS) is 15.4. The van der Waals surface area contributed by atoms with Crippen molar-refractivity contribution in [3.63, 3.8) is 0 Å². The van der Waals surface area contributed by atoms with Crippen molar-refractivity contribution in [3.8, 4) is 0 Å². The molecule has 13 heavy (non-hydrogen) atoms. The number of nitrogens with zero attached hydrogens (tertiary/aromatic N) is 1. The lowest BCUT2D eigenvalue weighted by Gasteiger charge is -2.14. The molecule has 0 aliphatic rings. The topological polar surface area (TPSA) is 53.4 Å². The number of halogens is 2. The minimum atomic E-state index is -1.04. The van der Waals surface area contributed by atoms with Crippen LogP contribution in [0, 0.1) is 0 Å². The van der Waals surface area contributed by atoms with Gasteiger partial charge in [-0.05, 0) is 6.07 Å². The summed E-state index contributed by atoms with van der Waals surface area (Å²) in [4.78, 5) is 3.78. The van der Waals surface area contributed by atoms with Gasteiger partial charge in [0, 0.05) is 18.0 Å². The molecule has 1 aromatic rings. The zero-order valence-electron chi connectivity index (χ0n) is 6.69. The van der Waals surface area contributed by atoms with Crippen molar-refractivity contribution in [2.45, 2.75) is 12.2 Å². The Balaban J connectivity index is 2.82. The summed E-state index contributed by atoms with van der Waals surface area (Å²) in [6.45, 7) is 0. The molecule has 0 aliphatic carbocycles. The van der Waals surface area contributed by atoms with E-state index < -0.39 is 12.2 Å². The molecule has 2 atom stereocenters. The van der Waals surface area contributed by atoms with E-state index in [2.05, 4.69) is 4.98 Å². The predicted molar refractivity (Wildman–Crippen MR) is 50.9 cm³/mol. The summed E-state index contributed by atoms with van der Waals surface area (Å²) in [7, 11) is 0. The van der Waals surface area contributed by atoms with Gasteiger partial charge in [-0.15, -0.1) is 11.6 Å². The smallest absolute Gasteiger partial charge is 0.108 e. The fourth-order valence-electron chi connectivity index (χ4n) is 0.897. The average molecular weight is 222 g/mol. The number of rotatable bonds is 3. The molecule has 72 valence electrons. The van der Waals surface area contributed by atoms with Crippen LogP contribution in [0.5, 0.6) is 0 Å². The molecule has 0 saturated carbocycles. The van der Waals surface area contributed by atoms with Crippen LogP contribution in [0.15, 0.2) is 18.5 Å². The van der Waals surface area contributed by atoms with Crippen molar-refractivity contribution in [3.05, 3.63) is 29.0 Å². The number of alkyl halides is 1. The third kappa shape index (κ3) is 2.81. The molecule has 1 heterocycles. The number of pyridine rings is 1. The van der Waals surface area contributed by atoms with Gasteiger partial charge in [-0.2, -0.15) is 0 Å². The Bertz CT molecular complexity index is 283. The molecule has 1 aromatic heterocycles. The second-order valence-corrected chi connectivity index (χ2v) is 3.35. The summed E-state index contributed by atoms with van der Waals surface area (Å²) in [5.41, 5.74) is 0.459. The molecular weight excluding hydrogens is 213 g/mol. The Kier molecular flexibility index (Phi) is 3.93. The van der Waals surface area contributed by atoms with E-state index in [0.29, 0.717) is 10.6 Å². The minimum Gasteiger partial charge on any atom is -0.389 e. The van der Waals surface area contributed by atoms with E-state index in [1.54, 1.807) is 0 Å². The third-order valence-corrected chi connectivity index (χ3v) is 2.11. The van der Waals surface area contributed by atoms with Crippen molar-refractivity contribution >= 4 is 23.2 Å². The van der Waals surface area contributed by atoms with E-state index >= 15 is 0 Å². The first-order valence-electron chi connectivity index (χ1n) is 3.67. The molecule has 1 rings (SSSR count). The Morgan fingerprint density at radius 3 is 2.62 bits per heavy atom. The molecule has 5 heteroatoms. The SMILES string of the molecule is OC(CCl)C(O)c1cncc(Cl)c1. The predicted octanol–water partition coefficient (Wildman–Crippen LogP) is 1.37. The molecule has 0 bridgehead atoms. The lowest BCUT2D eigenvalue weighted by molar-refractivity contribution is 0.0325. The zero-order valence-corrected chi connectivity index (χ0v) is 8.20. The van der Waals surface area contributed by atoms with Crippen LogP contribution in [-0.4, -0.2) is 27.2 Å². The maximum Gasteiger partial charge on any atom is 0.108 e. The molecule has 0 fully saturated rings. The Morgan fingerprint density at radius 2 is 2.08 bits per heavy atom. The molecule has 0 radical (unpaired) electrons. The Morgan fingerprint density at radius 1 is 1.38 bits per heavy atom. The number of hydrogen-bond acceptors (Lipinski definition) is 3. The zero-order chi connectivity index (χ0) is 9.84. The standard InChI is InChI=1S/C8H9Cl2NO2/c9-2-7(12)8(13)5-1-6(10)4-11-3-5/h1,3-4,7-8,12-13H,2H2. The molecular formula is C8H9Cl2NO2. The van der Waals surface area contributed by atoms with Crippen molar-refractivity contribution in [2.75, 3.05) is 5.88 Å². The molecule has 0 saturated heterocycles. The maximum absolute atomic E-state index is 9.48. The average Bonchev–Trinajstić information content (AvgIpc) is 2.15. The highest BCUT2D eigenvalue weighted by Gasteiger charge is 2.17. The number of aromatic nitrogens is 1. The van der Waals surface area contributed by atoms with Gasteiger partial charge in [0.25, 0.3) is 0 Å². The van der Waals surface area contributed by atoms with E-state index in [4.69, 9.17) is 23.2 Å². The van der Waals surface area contributed by atoms with E-state index in [1.165, 1.54) is 18.5 Å². The van der Waals surface area contributed by atoms with Gasteiger partial charge in [-0.1, -0.05) is 11.6 Å². The van der Waals surface area contributed by atoms with E-state index in [1.807, 2.05) is 0 Å². The van der Waals surface area contributed by atoms with Gasteiger partial charge in [-0.25, -0.2) is 0 Å². The molecule has 0 aromatic carbocycles. The molecule has 0 amide bonds. The van der Waals surface area contributed by atoms with Crippen LogP contribution >= 0.6 is 23.2 Å².